The van der Waals surface area contributed by atoms with Crippen molar-refractivity contribution in [2.75, 3.05) is 0 Å². The van der Waals surface area contributed by atoms with E-state index in [2.05, 4.69) is 20.5 Å². The summed E-state index contributed by atoms with van der Waals surface area (Å²) in [5, 5.41) is 13.0. The van der Waals surface area contributed by atoms with Crippen molar-refractivity contribution in [2.45, 2.75) is 19.3 Å². The summed E-state index contributed by atoms with van der Waals surface area (Å²) >= 11 is 6.02. The standard InChI is InChI=1S/C19H13ClFN5O2/c20-13-3-1-2-12(8-13)18-22-19(28-24-18)17-15-10-27-16(9-26(15)25-23-17)11-4-6-14(21)7-5-11/h1-8,16H,9-10H2/t16-/m1/s1. The van der Waals surface area contributed by atoms with Crippen molar-refractivity contribution in [3.63, 3.8) is 0 Å². The van der Waals surface area contributed by atoms with Crippen molar-refractivity contribution in [3.8, 4) is 23.0 Å². The van der Waals surface area contributed by atoms with Crippen LogP contribution in [0.1, 0.15) is 17.4 Å². The summed E-state index contributed by atoms with van der Waals surface area (Å²) < 4.78 is 26.2. The molecule has 0 N–H and O–H groups in total. The van der Waals surface area contributed by atoms with Crippen LogP contribution >= 0.6 is 11.6 Å². The molecule has 7 nitrogen and oxygen atoms in total. The lowest BCUT2D eigenvalue weighted by Gasteiger charge is -2.24. The molecular weight excluding hydrogens is 385 g/mol. The number of aromatic nitrogens is 5. The number of ether oxygens (including phenoxy) is 1. The number of hydrogen-bond acceptors (Lipinski definition) is 6. The van der Waals surface area contributed by atoms with E-state index in [1.165, 1.54) is 12.1 Å². The maximum atomic E-state index is 13.1. The number of halogens is 2. The van der Waals surface area contributed by atoms with Crippen LogP contribution in [0.3, 0.4) is 0 Å². The van der Waals surface area contributed by atoms with Gasteiger partial charge in [-0.25, -0.2) is 9.07 Å². The maximum absolute atomic E-state index is 13.1. The van der Waals surface area contributed by atoms with E-state index in [0.717, 1.165) is 16.8 Å². The van der Waals surface area contributed by atoms with Gasteiger partial charge in [0.1, 0.15) is 11.9 Å². The molecule has 0 aliphatic carbocycles. The largest absolute Gasteiger partial charge is 0.365 e. The number of benzene rings is 2. The monoisotopic (exact) mass is 397 g/mol. The van der Waals surface area contributed by atoms with Gasteiger partial charge < -0.3 is 9.26 Å². The van der Waals surface area contributed by atoms with Gasteiger partial charge in [0.25, 0.3) is 5.89 Å². The van der Waals surface area contributed by atoms with Gasteiger partial charge in [0.05, 0.1) is 18.8 Å². The molecule has 0 amide bonds. The Morgan fingerprint density at radius 1 is 1.14 bits per heavy atom. The van der Waals surface area contributed by atoms with Crippen LogP contribution < -0.4 is 0 Å². The van der Waals surface area contributed by atoms with Crippen LogP contribution in [0.4, 0.5) is 4.39 Å². The molecule has 28 heavy (non-hydrogen) atoms. The van der Waals surface area contributed by atoms with Crippen molar-refractivity contribution in [3.05, 3.63) is 70.6 Å². The summed E-state index contributed by atoms with van der Waals surface area (Å²) in [6.45, 7) is 0.739. The Morgan fingerprint density at radius 2 is 2.00 bits per heavy atom. The van der Waals surface area contributed by atoms with E-state index in [1.807, 2.05) is 12.1 Å². The van der Waals surface area contributed by atoms with Crippen LogP contribution in [0, 0.1) is 5.82 Å². The summed E-state index contributed by atoms with van der Waals surface area (Å²) in [5.74, 6) is 0.399. The molecule has 4 aromatic rings. The first-order valence-electron chi connectivity index (χ1n) is 8.57. The van der Waals surface area contributed by atoms with Gasteiger partial charge in [0, 0.05) is 10.6 Å². The summed E-state index contributed by atoms with van der Waals surface area (Å²) in [5.41, 5.74) is 2.86. The molecule has 5 rings (SSSR count). The summed E-state index contributed by atoms with van der Waals surface area (Å²) in [4.78, 5) is 4.41. The van der Waals surface area contributed by atoms with Crippen LogP contribution in [-0.4, -0.2) is 25.1 Å². The van der Waals surface area contributed by atoms with Crippen molar-refractivity contribution >= 4 is 11.6 Å². The van der Waals surface area contributed by atoms with Crippen molar-refractivity contribution < 1.29 is 13.7 Å². The Hall–Kier alpha value is -3.10. The first-order chi connectivity index (χ1) is 13.7. The molecule has 1 aliphatic heterocycles. The van der Waals surface area contributed by atoms with E-state index < -0.39 is 0 Å². The third-order valence-corrected chi connectivity index (χ3v) is 4.79. The fourth-order valence-corrected chi connectivity index (χ4v) is 3.31. The minimum absolute atomic E-state index is 0.229. The van der Waals surface area contributed by atoms with Crippen LogP contribution in [0.2, 0.25) is 5.02 Å². The Bertz CT molecular complexity index is 1140. The van der Waals surface area contributed by atoms with Crippen molar-refractivity contribution in [2.24, 2.45) is 0 Å². The van der Waals surface area contributed by atoms with E-state index >= 15 is 0 Å². The molecule has 0 saturated heterocycles. The fraction of sp³-hybridized carbons (Fsp3) is 0.158. The molecule has 1 aliphatic rings. The first-order valence-corrected chi connectivity index (χ1v) is 8.94. The van der Waals surface area contributed by atoms with Crippen LogP contribution in [0.15, 0.2) is 53.1 Å². The predicted octanol–water partition coefficient (Wildman–Crippen LogP) is 4.06. The molecule has 0 spiro atoms. The minimum Gasteiger partial charge on any atom is -0.365 e. The molecule has 0 radical (unpaired) electrons. The molecule has 0 fully saturated rings. The molecule has 2 aromatic heterocycles. The molecule has 1 atom stereocenters. The van der Waals surface area contributed by atoms with E-state index in [1.54, 1.807) is 28.9 Å². The van der Waals surface area contributed by atoms with Crippen LogP contribution in [0.25, 0.3) is 23.0 Å². The molecule has 3 heterocycles. The zero-order valence-corrected chi connectivity index (χ0v) is 15.2. The minimum atomic E-state index is -0.282. The van der Waals surface area contributed by atoms with E-state index in [0.29, 0.717) is 23.1 Å². The Kier molecular flexibility index (Phi) is 4.14. The second-order valence-electron chi connectivity index (χ2n) is 6.35. The lowest BCUT2D eigenvalue weighted by Crippen LogP contribution is -2.22. The van der Waals surface area contributed by atoms with Gasteiger partial charge in [-0.1, -0.05) is 46.2 Å². The third-order valence-electron chi connectivity index (χ3n) is 4.55. The predicted molar refractivity (Wildman–Crippen MR) is 97.7 cm³/mol. The highest BCUT2D eigenvalue weighted by Gasteiger charge is 2.28. The van der Waals surface area contributed by atoms with Gasteiger partial charge in [0.2, 0.25) is 5.82 Å². The second-order valence-corrected chi connectivity index (χ2v) is 6.79. The highest BCUT2D eigenvalue weighted by atomic mass is 35.5. The molecule has 0 unspecified atom stereocenters. The average Bonchev–Trinajstić information content (AvgIpc) is 3.35. The van der Waals surface area contributed by atoms with Gasteiger partial charge in [-0.3, -0.25) is 0 Å². The molecule has 2 aromatic carbocycles. The number of fused-ring (bicyclic) bond motifs is 1. The number of nitrogens with zero attached hydrogens (tertiary/aromatic N) is 5. The maximum Gasteiger partial charge on any atom is 0.280 e. The smallest absolute Gasteiger partial charge is 0.280 e. The Morgan fingerprint density at radius 3 is 2.82 bits per heavy atom. The SMILES string of the molecule is Fc1ccc([C@H]2Cn3nnc(-c4nc(-c5cccc(Cl)c5)no4)c3CO2)cc1. The number of hydrogen-bond donors (Lipinski definition) is 0. The first kappa shape index (κ1) is 17.0. The van der Waals surface area contributed by atoms with Crippen molar-refractivity contribution in [1.29, 1.82) is 0 Å². The normalized spacial score (nSPS) is 16.1. The Balaban J connectivity index is 1.42. The van der Waals surface area contributed by atoms with Gasteiger partial charge in [0.15, 0.2) is 5.69 Å². The molecule has 9 heteroatoms. The fourth-order valence-electron chi connectivity index (χ4n) is 3.12. The third kappa shape index (κ3) is 3.06. The Labute approximate surface area is 163 Å². The molecular formula is C19H13ClFN5O2. The number of rotatable bonds is 3. The highest BCUT2D eigenvalue weighted by molar-refractivity contribution is 6.30. The highest BCUT2D eigenvalue weighted by Crippen LogP contribution is 2.31. The summed E-state index contributed by atoms with van der Waals surface area (Å²) in [6.07, 6.45) is -0.229. The van der Waals surface area contributed by atoms with Crippen LogP contribution in [0.5, 0.6) is 0 Å². The van der Waals surface area contributed by atoms with E-state index in [-0.39, 0.29) is 24.4 Å². The quantitative estimate of drug-likeness (QED) is 0.518. The van der Waals surface area contributed by atoms with Gasteiger partial charge in [-0.15, -0.1) is 5.10 Å². The lowest BCUT2D eigenvalue weighted by molar-refractivity contribution is -0.00120. The van der Waals surface area contributed by atoms with Crippen LogP contribution in [-0.2, 0) is 17.9 Å². The summed E-state index contributed by atoms with van der Waals surface area (Å²) in [7, 11) is 0. The van der Waals surface area contributed by atoms with Crippen molar-refractivity contribution in [1.82, 2.24) is 25.1 Å². The lowest BCUT2D eigenvalue weighted by atomic mass is 10.1. The second kappa shape index (κ2) is 6.81. The molecule has 0 bridgehead atoms. The van der Waals surface area contributed by atoms with Gasteiger partial charge in [-0.05, 0) is 29.8 Å². The van der Waals surface area contributed by atoms with Gasteiger partial charge >= 0.3 is 0 Å². The molecule has 0 saturated carbocycles. The van der Waals surface area contributed by atoms with Gasteiger partial charge in [-0.2, -0.15) is 4.98 Å². The van der Waals surface area contributed by atoms with E-state index in [4.69, 9.17) is 20.9 Å². The average molecular weight is 398 g/mol. The zero-order chi connectivity index (χ0) is 19.1. The summed E-state index contributed by atoms with van der Waals surface area (Å²) in [6, 6.07) is 13.4. The van der Waals surface area contributed by atoms with E-state index in [9.17, 15) is 4.39 Å². The topological polar surface area (TPSA) is 78.9 Å². The zero-order valence-electron chi connectivity index (χ0n) is 14.4. The molecule has 140 valence electrons.